The molecule has 1 amide bonds. The van der Waals surface area contributed by atoms with Crippen molar-refractivity contribution >= 4 is 29.1 Å². The van der Waals surface area contributed by atoms with E-state index in [-0.39, 0.29) is 11.4 Å². The van der Waals surface area contributed by atoms with Gasteiger partial charge in [-0.2, -0.15) is 0 Å². The molecule has 0 radical (unpaired) electrons. The van der Waals surface area contributed by atoms with E-state index in [1.165, 1.54) is 0 Å². The fourth-order valence-corrected chi connectivity index (χ4v) is 2.16. The van der Waals surface area contributed by atoms with E-state index in [1.807, 2.05) is 40.7 Å². The molecule has 2 rings (SSSR count). The van der Waals surface area contributed by atoms with Gasteiger partial charge < -0.3 is 10.6 Å². The molecule has 0 aliphatic rings. The fraction of sp³-hybridized carbons (Fsp3) is 0.353. The number of hydrogen-bond acceptors (Lipinski definition) is 4. The van der Waals surface area contributed by atoms with Gasteiger partial charge >= 0.3 is 0 Å². The van der Waals surface area contributed by atoms with E-state index in [0.717, 1.165) is 11.3 Å². The number of halogens is 1. The van der Waals surface area contributed by atoms with Crippen LogP contribution in [0.5, 0.6) is 0 Å². The lowest BCUT2D eigenvalue weighted by Crippen LogP contribution is -2.28. The van der Waals surface area contributed by atoms with Crippen LogP contribution in [0.2, 0.25) is 5.02 Å². The largest absolute Gasteiger partial charge is 0.350 e. The minimum atomic E-state index is -0.294. The molecular weight excluding hydrogens is 312 g/mol. The summed E-state index contributed by atoms with van der Waals surface area (Å²) in [5.41, 5.74) is 2.44. The second kappa shape index (κ2) is 6.54. The normalized spacial score (nSPS) is 11.2. The molecule has 5 nitrogen and oxygen atoms in total. The molecule has 0 spiro atoms. The second-order valence-electron chi connectivity index (χ2n) is 6.51. The third-order valence-electron chi connectivity index (χ3n) is 3.02. The van der Waals surface area contributed by atoms with Gasteiger partial charge in [0.2, 0.25) is 5.95 Å². The van der Waals surface area contributed by atoms with Crippen LogP contribution in [0.3, 0.4) is 0 Å². The van der Waals surface area contributed by atoms with Crippen LogP contribution in [0.15, 0.2) is 24.3 Å². The highest BCUT2D eigenvalue weighted by atomic mass is 35.5. The molecule has 0 aliphatic heterocycles. The Balaban J connectivity index is 2.27. The van der Waals surface area contributed by atoms with Crippen molar-refractivity contribution in [1.82, 2.24) is 9.97 Å². The molecule has 0 fully saturated rings. The number of benzene rings is 1. The molecule has 0 bridgehead atoms. The molecule has 0 unspecified atom stereocenters. The average Bonchev–Trinajstić information content (AvgIpc) is 2.40. The summed E-state index contributed by atoms with van der Waals surface area (Å²) in [6.45, 7) is 9.76. The minimum Gasteiger partial charge on any atom is -0.350 e. The maximum atomic E-state index is 12.5. The van der Waals surface area contributed by atoms with Gasteiger partial charge in [0.25, 0.3) is 5.91 Å². The Labute approximate surface area is 141 Å². The monoisotopic (exact) mass is 332 g/mol. The number of carbonyl (C=O) groups excluding carboxylic acids is 1. The lowest BCUT2D eigenvalue weighted by atomic mass is 10.1. The number of carbonyl (C=O) groups is 1. The third kappa shape index (κ3) is 4.93. The lowest BCUT2D eigenvalue weighted by Gasteiger charge is -2.21. The summed E-state index contributed by atoms with van der Waals surface area (Å²) in [4.78, 5) is 21.1. The Hall–Kier alpha value is -2.14. The number of aromatic nitrogens is 2. The molecular formula is C17H21ClN4O. The Morgan fingerprint density at radius 2 is 1.83 bits per heavy atom. The lowest BCUT2D eigenvalue weighted by molar-refractivity contribution is 0.102. The van der Waals surface area contributed by atoms with Crippen molar-refractivity contribution < 1.29 is 4.79 Å². The predicted octanol–water partition coefficient (Wildman–Crippen LogP) is 4.21. The number of aryl methyl sites for hydroxylation is 2. The first-order valence-electron chi connectivity index (χ1n) is 7.35. The van der Waals surface area contributed by atoms with Crippen LogP contribution in [-0.2, 0) is 0 Å². The van der Waals surface area contributed by atoms with Crippen molar-refractivity contribution in [2.45, 2.75) is 40.2 Å². The van der Waals surface area contributed by atoms with E-state index < -0.39 is 0 Å². The molecule has 0 saturated heterocycles. The zero-order valence-electron chi connectivity index (χ0n) is 14.0. The molecule has 122 valence electrons. The topological polar surface area (TPSA) is 66.9 Å². The van der Waals surface area contributed by atoms with E-state index in [0.29, 0.717) is 22.4 Å². The van der Waals surface area contributed by atoms with Crippen LogP contribution in [0.25, 0.3) is 0 Å². The molecule has 0 aliphatic carbocycles. The van der Waals surface area contributed by atoms with Crippen LogP contribution in [0, 0.1) is 13.8 Å². The summed E-state index contributed by atoms with van der Waals surface area (Å²) in [5, 5.41) is 6.59. The van der Waals surface area contributed by atoms with Gasteiger partial charge in [0, 0.05) is 21.9 Å². The van der Waals surface area contributed by atoms with Crippen molar-refractivity contribution in [2.24, 2.45) is 0 Å². The van der Waals surface area contributed by atoms with Gasteiger partial charge in [0.1, 0.15) is 5.69 Å². The summed E-state index contributed by atoms with van der Waals surface area (Å²) in [7, 11) is 0. The zero-order chi connectivity index (χ0) is 17.2. The first-order chi connectivity index (χ1) is 10.6. The number of hydrogen-bond donors (Lipinski definition) is 2. The van der Waals surface area contributed by atoms with Crippen molar-refractivity contribution in [3.63, 3.8) is 0 Å². The van der Waals surface area contributed by atoms with Crippen molar-refractivity contribution in [1.29, 1.82) is 0 Å². The highest BCUT2D eigenvalue weighted by Crippen LogP contribution is 2.21. The summed E-state index contributed by atoms with van der Waals surface area (Å²) in [6, 6.07) is 7.02. The quantitative estimate of drug-likeness (QED) is 0.883. The van der Waals surface area contributed by atoms with E-state index >= 15 is 0 Å². The Morgan fingerprint density at radius 3 is 2.48 bits per heavy atom. The first-order valence-corrected chi connectivity index (χ1v) is 7.73. The van der Waals surface area contributed by atoms with E-state index in [4.69, 9.17) is 11.6 Å². The minimum absolute atomic E-state index is 0.189. The van der Waals surface area contributed by atoms with Gasteiger partial charge in [0.15, 0.2) is 0 Å². The van der Waals surface area contributed by atoms with Crippen molar-refractivity contribution in [3.8, 4) is 0 Å². The number of anilines is 2. The van der Waals surface area contributed by atoms with Gasteiger partial charge in [-0.1, -0.05) is 17.7 Å². The van der Waals surface area contributed by atoms with Crippen LogP contribution in [0.1, 0.15) is 42.5 Å². The zero-order valence-corrected chi connectivity index (χ0v) is 14.7. The van der Waals surface area contributed by atoms with Crippen LogP contribution < -0.4 is 10.6 Å². The van der Waals surface area contributed by atoms with Gasteiger partial charge in [-0.25, -0.2) is 9.97 Å². The number of nitrogens with zero attached hydrogens (tertiary/aromatic N) is 2. The molecule has 0 saturated carbocycles. The van der Waals surface area contributed by atoms with E-state index in [9.17, 15) is 4.79 Å². The molecule has 6 heteroatoms. The Kier molecular flexibility index (Phi) is 4.90. The maximum absolute atomic E-state index is 12.5. The predicted molar refractivity (Wildman–Crippen MR) is 94.3 cm³/mol. The fourth-order valence-electron chi connectivity index (χ4n) is 1.99. The average molecular weight is 333 g/mol. The molecule has 1 heterocycles. The molecule has 1 aromatic carbocycles. The highest BCUT2D eigenvalue weighted by molar-refractivity contribution is 6.31. The molecule has 2 N–H and O–H groups in total. The molecule has 23 heavy (non-hydrogen) atoms. The SMILES string of the molecule is Cc1cc(C(=O)Nc2cc(Cl)ccc2C)nc(NC(C)(C)C)n1. The van der Waals surface area contributed by atoms with Gasteiger partial charge in [0.05, 0.1) is 0 Å². The summed E-state index contributed by atoms with van der Waals surface area (Å²) in [6.07, 6.45) is 0. The van der Waals surface area contributed by atoms with Gasteiger partial charge in [-0.05, 0) is 58.4 Å². The summed E-state index contributed by atoms with van der Waals surface area (Å²) < 4.78 is 0. The second-order valence-corrected chi connectivity index (χ2v) is 6.94. The van der Waals surface area contributed by atoms with Crippen LogP contribution in [-0.4, -0.2) is 21.4 Å². The van der Waals surface area contributed by atoms with Crippen molar-refractivity contribution in [2.75, 3.05) is 10.6 Å². The number of rotatable bonds is 3. The molecule has 2 aromatic rings. The number of nitrogens with one attached hydrogen (secondary N) is 2. The highest BCUT2D eigenvalue weighted by Gasteiger charge is 2.16. The molecule has 1 aromatic heterocycles. The smallest absolute Gasteiger partial charge is 0.274 e. The number of amides is 1. The summed E-state index contributed by atoms with van der Waals surface area (Å²) >= 11 is 5.98. The van der Waals surface area contributed by atoms with E-state index in [2.05, 4.69) is 20.6 Å². The van der Waals surface area contributed by atoms with Crippen molar-refractivity contribution in [3.05, 3.63) is 46.2 Å². The van der Waals surface area contributed by atoms with E-state index in [1.54, 1.807) is 18.2 Å². The maximum Gasteiger partial charge on any atom is 0.274 e. The van der Waals surface area contributed by atoms with Gasteiger partial charge in [-0.15, -0.1) is 0 Å². The summed E-state index contributed by atoms with van der Waals surface area (Å²) in [5.74, 6) is 0.142. The van der Waals surface area contributed by atoms with Gasteiger partial charge in [-0.3, -0.25) is 4.79 Å². The Bertz CT molecular complexity index is 738. The van der Waals surface area contributed by atoms with Crippen LogP contribution in [0.4, 0.5) is 11.6 Å². The Morgan fingerprint density at radius 1 is 1.13 bits per heavy atom. The molecule has 0 atom stereocenters. The first kappa shape index (κ1) is 17.2. The van der Waals surface area contributed by atoms with Crippen LogP contribution >= 0.6 is 11.6 Å². The standard InChI is InChI=1S/C17H21ClN4O/c1-10-6-7-12(18)9-13(10)20-15(23)14-8-11(2)19-16(21-14)22-17(3,4)5/h6-9H,1-5H3,(H,20,23)(H,19,21,22). The third-order valence-corrected chi connectivity index (χ3v) is 3.26.